The number of rotatable bonds is 6. The lowest BCUT2D eigenvalue weighted by Crippen LogP contribution is -2.22. The van der Waals surface area contributed by atoms with Gasteiger partial charge in [0.15, 0.2) is 5.13 Å². The Labute approximate surface area is 185 Å². The molecule has 0 spiro atoms. The molecule has 0 aliphatic heterocycles. The van der Waals surface area contributed by atoms with E-state index in [1.807, 2.05) is 24.3 Å². The molecular formula is C21H16BrClN2O3S. The fourth-order valence-corrected chi connectivity index (χ4v) is 3.95. The molecular weight excluding hydrogens is 476 g/mol. The van der Waals surface area contributed by atoms with Crippen LogP contribution in [0.15, 0.2) is 64.5 Å². The first-order valence-electron chi connectivity index (χ1n) is 8.53. The molecule has 148 valence electrons. The highest BCUT2D eigenvalue weighted by Crippen LogP contribution is 2.30. The van der Waals surface area contributed by atoms with Crippen molar-refractivity contribution >= 4 is 67.6 Å². The van der Waals surface area contributed by atoms with Crippen LogP contribution in [0.1, 0.15) is 18.2 Å². The zero-order valence-electron chi connectivity index (χ0n) is 15.3. The second-order valence-corrected chi connectivity index (χ2v) is 8.14. The number of carbonyl (C=O) groups is 2. The van der Waals surface area contributed by atoms with E-state index < -0.39 is 5.97 Å². The van der Waals surface area contributed by atoms with Crippen molar-refractivity contribution in [3.63, 3.8) is 0 Å². The van der Waals surface area contributed by atoms with Gasteiger partial charge in [0.2, 0.25) is 5.91 Å². The second-order valence-electron chi connectivity index (χ2n) is 5.95. The van der Waals surface area contributed by atoms with Crippen LogP contribution in [0, 0.1) is 0 Å². The third kappa shape index (κ3) is 6.00. The average Bonchev–Trinajstić information content (AvgIpc) is 3.13. The smallest absolute Gasteiger partial charge is 0.331 e. The Kier molecular flexibility index (Phi) is 7.19. The molecule has 0 unspecified atom stereocenters. The molecule has 0 saturated heterocycles. The minimum atomic E-state index is -0.474. The van der Waals surface area contributed by atoms with Gasteiger partial charge in [0, 0.05) is 27.9 Å². The number of hydrogen-bond donors (Lipinski definition) is 0. The van der Waals surface area contributed by atoms with Crippen molar-refractivity contribution in [3.8, 4) is 0 Å². The molecule has 0 aliphatic carbocycles. The number of thiazole rings is 1. The molecule has 29 heavy (non-hydrogen) atoms. The zero-order valence-corrected chi connectivity index (χ0v) is 18.5. The topological polar surface area (TPSA) is 59.5 Å². The van der Waals surface area contributed by atoms with Crippen molar-refractivity contribution in [2.75, 3.05) is 4.90 Å². The summed E-state index contributed by atoms with van der Waals surface area (Å²) in [5.41, 5.74) is 2.06. The van der Waals surface area contributed by atoms with Gasteiger partial charge in [-0.25, -0.2) is 9.78 Å². The van der Waals surface area contributed by atoms with Crippen LogP contribution >= 0.6 is 38.9 Å². The predicted molar refractivity (Wildman–Crippen MR) is 119 cm³/mol. The van der Waals surface area contributed by atoms with Crippen LogP contribution in [0.3, 0.4) is 0 Å². The van der Waals surface area contributed by atoms with Crippen LogP contribution < -0.4 is 4.90 Å². The molecule has 3 aromatic rings. The summed E-state index contributed by atoms with van der Waals surface area (Å²) in [6.45, 7) is 1.47. The van der Waals surface area contributed by atoms with E-state index >= 15 is 0 Å². The predicted octanol–water partition coefficient (Wildman–Crippen LogP) is 6.00. The molecule has 1 aromatic heterocycles. The number of ether oxygens (including phenoxy) is 1. The lowest BCUT2D eigenvalue weighted by molar-refractivity contribution is -0.139. The summed E-state index contributed by atoms with van der Waals surface area (Å²) in [5, 5.41) is 2.76. The molecule has 1 amide bonds. The van der Waals surface area contributed by atoms with Gasteiger partial charge < -0.3 is 4.74 Å². The first-order valence-corrected chi connectivity index (χ1v) is 10.6. The maximum atomic E-state index is 12.1. The number of amides is 1. The summed E-state index contributed by atoms with van der Waals surface area (Å²) in [7, 11) is 0. The first-order chi connectivity index (χ1) is 13.9. The van der Waals surface area contributed by atoms with Gasteiger partial charge >= 0.3 is 5.97 Å². The quantitative estimate of drug-likeness (QED) is 0.313. The molecule has 0 atom stereocenters. The van der Waals surface area contributed by atoms with E-state index in [1.165, 1.54) is 29.2 Å². The van der Waals surface area contributed by atoms with Gasteiger partial charge in [0.05, 0.1) is 11.4 Å². The minimum Gasteiger partial charge on any atom is -0.456 e. The third-order valence-corrected chi connectivity index (χ3v) is 5.34. The highest BCUT2D eigenvalue weighted by molar-refractivity contribution is 9.10. The highest BCUT2D eigenvalue weighted by atomic mass is 79.9. The minimum absolute atomic E-state index is 0.0133. The summed E-state index contributed by atoms with van der Waals surface area (Å²) < 4.78 is 6.17. The molecule has 3 rings (SSSR count). The summed E-state index contributed by atoms with van der Waals surface area (Å²) >= 11 is 10.7. The Hall–Kier alpha value is -2.48. The molecule has 8 heteroatoms. The van der Waals surface area contributed by atoms with Gasteiger partial charge in [-0.15, -0.1) is 11.3 Å². The van der Waals surface area contributed by atoms with Gasteiger partial charge in [0.25, 0.3) is 0 Å². The van der Waals surface area contributed by atoms with Gasteiger partial charge in [-0.1, -0.05) is 45.7 Å². The third-order valence-electron chi connectivity index (χ3n) is 3.74. The molecule has 5 nitrogen and oxygen atoms in total. The number of anilines is 2. The number of halogens is 2. The van der Waals surface area contributed by atoms with E-state index in [0.717, 1.165) is 10.0 Å². The maximum absolute atomic E-state index is 12.1. The summed E-state index contributed by atoms with van der Waals surface area (Å²) in [6, 6.07) is 14.5. The van der Waals surface area contributed by atoms with E-state index in [1.54, 1.807) is 35.7 Å². The van der Waals surface area contributed by atoms with Gasteiger partial charge in [-0.05, 0) is 42.0 Å². The van der Waals surface area contributed by atoms with Crippen LogP contribution in [-0.2, 0) is 20.9 Å². The van der Waals surface area contributed by atoms with Crippen LogP contribution in [-0.4, -0.2) is 16.9 Å². The molecule has 0 bridgehead atoms. The van der Waals surface area contributed by atoms with Crippen LogP contribution in [0.2, 0.25) is 5.02 Å². The summed E-state index contributed by atoms with van der Waals surface area (Å²) in [5.74, 6) is -0.667. The molecule has 0 N–H and O–H groups in total. The van der Waals surface area contributed by atoms with Gasteiger partial charge in [-0.3, -0.25) is 9.69 Å². The van der Waals surface area contributed by atoms with Gasteiger partial charge in [0.1, 0.15) is 6.61 Å². The molecule has 2 aromatic carbocycles. The van der Waals surface area contributed by atoms with Crippen molar-refractivity contribution in [2.45, 2.75) is 13.5 Å². The van der Waals surface area contributed by atoms with E-state index in [4.69, 9.17) is 16.3 Å². The molecule has 0 saturated carbocycles. The van der Waals surface area contributed by atoms with Crippen LogP contribution in [0.4, 0.5) is 10.8 Å². The number of benzene rings is 2. The standard InChI is InChI=1S/C21H16BrClN2O3S/c1-14(26)25(19-7-3-6-17(23)11-19)21-24-18(13-29-21)12-28-20(27)9-8-15-4-2-5-16(22)10-15/h2-11,13H,12H2,1H3/b9-8+. The number of esters is 1. The maximum Gasteiger partial charge on any atom is 0.331 e. The zero-order chi connectivity index (χ0) is 20.8. The lowest BCUT2D eigenvalue weighted by Gasteiger charge is -2.18. The fraction of sp³-hybridized carbons (Fsp3) is 0.0952. The number of nitrogens with zero attached hydrogens (tertiary/aromatic N) is 2. The second kappa shape index (κ2) is 9.82. The monoisotopic (exact) mass is 490 g/mol. The molecule has 1 heterocycles. The fourth-order valence-electron chi connectivity index (χ4n) is 2.48. The van der Waals surface area contributed by atoms with Crippen molar-refractivity contribution < 1.29 is 14.3 Å². The Morgan fingerprint density at radius 1 is 1.24 bits per heavy atom. The summed E-state index contributed by atoms with van der Waals surface area (Å²) in [6.07, 6.45) is 3.04. The van der Waals surface area contributed by atoms with E-state index in [9.17, 15) is 9.59 Å². The highest BCUT2D eigenvalue weighted by Gasteiger charge is 2.18. The van der Waals surface area contributed by atoms with Crippen LogP contribution in [0.5, 0.6) is 0 Å². The van der Waals surface area contributed by atoms with E-state index in [0.29, 0.717) is 21.5 Å². The van der Waals surface area contributed by atoms with Crippen molar-refractivity contribution in [2.24, 2.45) is 0 Å². The lowest BCUT2D eigenvalue weighted by atomic mass is 10.2. The molecule has 0 radical (unpaired) electrons. The Morgan fingerprint density at radius 3 is 2.76 bits per heavy atom. The first kappa shape index (κ1) is 21.2. The Morgan fingerprint density at radius 2 is 2.03 bits per heavy atom. The van der Waals surface area contributed by atoms with E-state index in [2.05, 4.69) is 20.9 Å². The normalized spacial score (nSPS) is 10.9. The van der Waals surface area contributed by atoms with Crippen LogP contribution in [0.25, 0.3) is 6.08 Å². The Bertz CT molecular complexity index is 1070. The largest absolute Gasteiger partial charge is 0.456 e. The summed E-state index contributed by atoms with van der Waals surface area (Å²) in [4.78, 5) is 30.0. The van der Waals surface area contributed by atoms with Crippen molar-refractivity contribution in [1.29, 1.82) is 0 Å². The van der Waals surface area contributed by atoms with Gasteiger partial charge in [-0.2, -0.15) is 0 Å². The van der Waals surface area contributed by atoms with Crippen molar-refractivity contribution in [3.05, 3.63) is 80.7 Å². The van der Waals surface area contributed by atoms with E-state index in [-0.39, 0.29) is 12.5 Å². The number of carbonyl (C=O) groups excluding carboxylic acids is 2. The number of aromatic nitrogens is 1. The molecule has 0 fully saturated rings. The molecule has 0 aliphatic rings. The average molecular weight is 492 g/mol. The Balaban J connectivity index is 1.65. The number of hydrogen-bond acceptors (Lipinski definition) is 5. The van der Waals surface area contributed by atoms with Crippen molar-refractivity contribution in [1.82, 2.24) is 4.98 Å². The SMILES string of the molecule is CC(=O)N(c1cccc(Cl)c1)c1nc(COC(=O)/C=C/c2cccc(Br)c2)cs1.